The number of methoxy groups -OCH3 is 1. The maximum absolute atomic E-state index is 12.9. The molecular formula is C24H34N2O6S. The molecule has 0 bridgehead atoms. The van der Waals surface area contributed by atoms with Crippen LogP contribution in [0.25, 0.3) is 0 Å². The fourth-order valence-corrected chi connectivity index (χ4v) is 4.55. The molecule has 0 saturated carbocycles. The van der Waals surface area contributed by atoms with Gasteiger partial charge in [0.2, 0.25) is 10.0 Å². The van der Waals surface area contributed by atoms with Crippen LogP contribution in [0.2, 0.25) is 0 Å². The second-order valence-corrected chi connectivity index (χ2v) is 10.2. The molecule has 0 saturated heterocycles. The van der Waals surface area contributed by atoms with Crippen molar-refractivity contribution in [3.8, 4) is 17.2 Å². The van der Waals surface area contributed by atoms with Crippen molar-refractivity contribution in [3.63, 3.8) is 0 Å². The third kappa shape index (κ3) is 7.64. The SMILES string of the molecule is CCCOc1ccc(NC(=O)c2ccc(OC)c(S(=O)(=O)NC(C)(C)C)c2)cc1OCCC. The molecule has 0 aliphatic rings. The van der Waals surface area contributed by atoms with Crippen molar-refractivity contribution in [1.29, 1.82) is 0 Å². The number of amides is 1. The van der Waals surface area contributed by atoms with Gasteiger partial charge in [-0.3, -0.25) is 4.79 Å². The maximum Gasteiger partial charge on any atom is 0.255 e. The van der Waals surface area contributed by atoms with Gasteiger partial charge in [-0.1, -0.05) is 13.8 Å². The molecule has 1 amide bonds. The zero-order chi connectivity index (χ0) is 24.6. The molecule has 0 fully saturated rings. The molecule has 2 aromatic rings. The molecule has 0 spiro atoms. The van der Waals surface area contributed by atoms with Crippen molar-refractivity contribution in [1.82, 2.24) is 4.72 Å². The van der Waals surface area contributed by atoms with Crippen LogP contribution < -0.4 is 24.2 Å². The number of anilines is 1. The molecule has 2 N–H and O–H groups in total. The monoisotopic (exact) mass is 478 g/mol. The van der Waals surface area contributed by atoms with Crippen LogP contribution in [0.15, 0.2) is 41.3 Å². The Kier molecular flexibility index (Phi) is 9.13. The standard InChI is InChI=1S/C24H34N2O6S/c1-7-13-31-19-12-10-18(16-21(19)32-14-8-2)25-23(27)17-9-11-20(30-6)22(15-17)33(28,29)26-24(3,4)5/h9-12,15-16,26H,7-8,13-14H2,1-6H3,(H,25,27). The lowest BCUT2D eigenvalue weighted by molar-refractivity contribution is 0.102. The van der Waals surface area contributed by atoms with Gasteiger partial charge in [0.15, 0.2) is 11.5 Å². The molecule has 0 aliphatic carbocycles. The van der Waals surface area contributed by atoms with E-state index in [1.165, 1.54) is 25.3 Å². The van der Waals surface area contributed by atoms with Crippen molar-refractivity contribution in [3.05, 3.63) is 42.0 Å². The van der Waals surface area contributed by atoms with Crippen LogP contribution in [-0.4, -0.2) is 40.2 Å². The third-order valence-electron chi connectivity index (χ3n) is 4.28. The number of carbonyl (C=O) groups is 1. The summed E-state index contributed by atoms with van der Waals surface area (Å²) in [6.45, 7) is 10.3. The minimum Gasteiger partial charge on any atom is -0.495 e. The van der Waals surface area contributed by atoms with E-state index in [2.05, 4.69) is 10.0 Å². The molecule has 0 aromatic heterocycles. The summed E-state index contributed by atoms with van der Waals surface area (Å²) in [5, 5.41) is 2.79. The van der Waals surface area contributed by atoms with Gasteiger partial charge >= 0.3 is 0 Å². The summed E-state index contributed by atoms with van der Waals surface area (Å²) < 4.78 is 45.0. The molecular weight excluding hydrogens is 444 g/mol. The summed E-state index contributed by atoms with van der Waals surface area (Å²) in [6.07, 6.45) is 1.69. The average molecular weight is 479 g/mol. The highest BCUT2D eigenvalue weighted by molar-refractivity contribution is 7.89. The van der Waals surface area contributed by atoms with E-state index in [0.717, 1.165) is 12.8 Å². The summed E-state index contributed by atoms with van der Waals surface area (Å²) >= 11 is 0. The van der Waals surface area contributed by atoms with E-state index in [1.807, 2.05) is 13.8 Å². The minimum atomic E-state index is -3.91. The predicted molar refractivity (Wildman–Crippen MR) is 129 cm³/mol. The number of benzene rings is 2. The van der Waals surface area contributed by atoms with Crippen molar-refractivity contribution < 1.29 is 27.4 Å². The first-order valence-corrected chi connectivity index (χ1v) is 12.4. The molecule has 182 valence electrons. The number of hydrogen-bond donors (Lipinski definition) is 2. The van der Waals surface area contributed by atoms with E-state index in [4.69, 9.17) is 14.2 Å². The summed E-state index contributed by atoms with van der Waals surface area (Å²) in [4.78, 5) is 12.8. The number of rotatable bonds is 11. The Morgan fingerprint density at radius 2 is 1.52 bits per heavy atom. The van der Waals surface area contributed by atoms with Crippen molar-refractivity contribution >= 4 is 21.6 Å². The van der Waals surface area contributed by atoms with Crippen molar-refractivity contribution in [2.24, 2.45) is 0 Å². The molecule has 8 nitrogen and oxygen atoms in total. The van der Waals surface area contributed by atoms with Gasteiger partial charge < -0.3 is 19.5 Å². The topological polar surface area (TPSA) is 103 Å². The van der Waals surface area contributed by atoms with Gasteiger partial charge in [-0.05, 0) is 63.9 Å². The number of ether oxygens (including phenoxy) is 3. The first-order valence-electron chi connectivity index (χ1n) is 10.9. The number of nitrogens with one attached hydrogen (secondary N) is 2. The molecule has 0 atom stereocenters. The predicted octanol–water partition coefficient (Wildman–Crippen LogP) is 4.60. The first-order chi connectivity index (χ1) is 15.5. The highest BCUT2D eigenvalue weighted by Gasteiger charge is 2.26. The molecule has 9 heteroatoms. The smallest absolute Gasteiger partial charge is 0.255 e. The van der Waals surface area contributed by atoms with Gasteiger partial charge in [0.25, 0.3) is 5.91 Å². The van der Waals surface area contributed by atoms with Crippen LogP contribution in [0.3, 0.4) is 0 Å². The number of hydrogen-bond acceptors (Lipinski definition) is 6. The zero-order valence-electron chi connectivity index (χ0n) is 20.2. The van der Waals surface area contributed by atoms with Crippen LogP contribution in [0.1, 0.15) is 57.8 Å². The molecule has 0 unspecified atom stereocenters. The van der Waals surface area contributed by atoms with Gasteiger partial charge in [-0.2, -0.15) is 0 Å². The number of sulfonamides is 1. The van der Waals surface area contributed by atoms with E-state index in [-0.39, 0.29) is 16.2 Å². The van der Waals surface area contributed by atoms with Crippen LogP contribution in [-0.2, 0) is 10.0 Å². The van der Waals surface area contributed by atoms with Gasteiger partial charge in [0, 0.05) is 22.9 Å². The minimum absolute atomic E-state index is 0.108. The Hall–Kier alpha value is -2.78. The van der Waals surface area contributed by atoms with Gasteiger partial charge in [-0.25, -0.2) is 13.1 Å². The van der Waals surface area contributed by atoms with E-state index < -0.39 is 21.5 Å². The molecule has 2 aromatic carbocycles. The van der Waals surface area contributed by atoms with E-state index in [9.17, 15) is 13.2 Å². The molecule has 2 rings (SSSR count). The highest BCUT2D eigenvalue weighted by atomic mass is 32.2. The zero-order valence-corrected chi connectivity index (χ0v) is 21.0. The van der Waals surface area contributed by atoms with Crippen LogP contribution in [0.4, 0.5) is 5.69 Å². The Labute approximate surface area is 196 Å². The highest BCUT2D eigenvalue weighted by Crippen LogP contribution is 2.32. The van der Waals surface area contributed by atoms with Gasteiger partial charge in [0.1, 0.15) is 10.6 Å². The summed E-state index contributed by atoms with van der Waals surface area (Å²) in [7, 11) is -2.53. The Balaban J connectivity index is 2.33. The Morgan fingerprint density at radius 1 is 0.909 bits per heavy atom. The third-order valence-corrected chi connectivity index (χ3v) is 6.06. The second kappa shape index (κ2) is 11.4. The lowest BCUT2D eigenvalue weighted by Gasteiger charge is -2.21. The number of carbonyl (C=O) groups excluding carboxylic acids is 1. The van der Waals surface area contributed by atoms with Crippen LogP contribution in [0.5, 0.6) is 17.2 Å². The summed E-state index contributed by atoms with van der Waals surface area (Å²) in [6, 6.07) is 9.43. The largest absolute Gasteiger partial charge is 0.495 e. The summed E-state index contributed by atoms with van der Waals surface area (Å²) in [5.74, 6) is 0.828. The van der Waals surface area contributed by atoms with Crippen molar-refractivity contribution in [2.45, 2.75) is 57.9 Å². The lowest BCUT2D eigenvalue weighted by atomic mass is 10.1. The molecule has 0 heterocycles. The fourth-order valence-electron chi connectivity index (χ4n) is 2.93. The van der Waals surface area contributed by atoms with E-state index in [1.54, 1.807) is 39.0 Å². The molecule has 0 radical (unpaired) electrons. The molecule has 0 aliphatic heterocycles. The normalized spacial score (nSPS) is 11.7. The Morgan fingerprint density at radius 3 is 2.09 bits per heavy atom. The fraction of sp³-hybridized carbons (Fsp3) is 0.458. The first kappa shape index (κ1) is 26.5. The quantitative estimate of drug-likeness (QED) is 0.489. The van der Waals surface area contributed by atoms with Crippen molar-refractivity contribution in [2.75, 3.05) is 25.6 Å². The second-order valence-electron chi connectivity index (χ2n) is 8.53. The van der Waals surface area contributed by atoms with E-state index in [0.29, 0.717) is 30.4 Å². The lowest BCUT2D eigenvalue weighted by Crippen LogP contribution is -2.40. The Bertz CT molecular complexity index is 1060. The average Bonchev–Trinajstić information content (AvgIpc) is 2.74. The molecule has 33 heavy (non-hydrogen) atoms. The van der Waals surface area contributed by atoms with Crippen LogP contribution >= 0.6 is 0 Å². The van der Waals surface area contributed by atoms with Gasteiger partial charge in [0.05, 0.1) is 20.3 Å². The van der Waals surface area contributed by atoms with Crippen LogP contribution in [0, 0.1) is 0 Å². The van der Waals surface area contributed by atoms with Gasteiger partial charge in [-0.15, -0.1) is 0 Å². The van der Waals surface area contributed by atoms with E-state index >= 15 is 0 Å². The summed E-state index contributed by atoms with van der Waals surface area (Å²) in [5.41, 5.74) is -0.0195. The maximum atomic E-state index is 12.9.